The van der Waals surface area contributed by atoms with Gasteiger partial charge in [0.05, 0.1) is 0 Å². The number of nitrogens with one attached hydrogen (secondary N) is 1. The van der Waals surface area contributed by atoms with Crippen LogP contribution < -0.4 is 10.2 Å². The first-order valence-electron chi connectivity index (χ1n) is 4.87. The molecule has 5 heteroatoms. The Hall–Kier alpha value is -0.935. The number of hydrogen-bond acceptors (Lipinski definition) is 3. The van der Waals surface area contributed by atoms with Crippen LogP contribution in [0.1, 0.15) is 5.56 Å². The van der Waals surface area contributed by atoms with Crippen LogP contribution in [0.5, 0.6) is 0 Å². The smallest absolute Gasteiger partial charge is 0.321 e. The Balaban J connectivity index is 2.67. The molecule has 0 spiro atoms. The molecule has 0 fully saturated rings. The fourth-order valence-corrected chi connectivity index (χ4v) is 1.54. The van der Waals surface area contributed by atoms with E-state index in [1.165, 1.54) is 5.46 Å². The summed E-state index contributed by atoms with van der Waals surface area (Å²) in [6.07, 6.45) is 0.447. The van der Waals surface area contributed by atoms with Crippen molar-refractivity contribution in [3.63, 3.8) is 0 Å². The van der Waals surface area contributed by atoms with Crippen LogP contribution in [0.15, 0.2) is 24.3 Å². The minimum atomic E-state index is -0.885. The molecule has 0 radical (unpaired) electrons. The van der Waals surface area contributed by atoms with Gasteiger partial charge in [-0.1, -0.05) is 49.4 Å². The first-order chi connectivity index (χ1) is 7.17. The van der Waals surface area contributed by atoms with Crippen molar-refractivity contribution in [3.8, 4) is 0 Å². The summed E-state index contributed by atoms with van der Waals surface area (Å²) in [6, 6.07) is 7.32. The minimum Gasteiger partial charge on any atom is -0.480 e. The fourth-order valence-electron chi connectivity index (χ4n) is 1.33. The molecule has 1 rings (SSSR count). The van der Waals surface area contributed by atoms with Gasteiger partial charge < -0.3 is 5.11 Å². The summed E-state index contributed by atoms with van der Waals surface area (Å²) in [5, 5.41) is 8.82. The number of thiol groups is 1. The van der Waals surface area contributed by atoms with E-state index in [0.29, 0.717) is 6.42 Å². The van der Waals surface area contributed by atoms with Crippen molar-refractivity contribution in [1.29, 1.82) is 0 Å². The van der Waals surface area contributed by atoms with E-state index in [9.17, 15) is 4.79 Å². The molecule has 0 amide bonds. The summed E-state index contributed by atoms with van der Waals surface area (Å²) in [6.45, 7) is 2.09. The number of aliphatic carboxylic acids is 1. The normalized spacial score (nSPS) is 12.1. The van der Waals surface area contributed by atoms with E-state index >= 15 is 0 Å². The topological polar surface area (TPSA) is 49.3 Å². The molecule has 0 aliphatic heterocycles. The lowest BCUT2D eigenvalue weighted by Crippen LogP contribution is -2.32. The lowest BCUT2D eigenvalue weighted by atomic mass is 9.73. The van der Waals surface area contributed by atoms with Gasteiger partial charge in [0.25, 0.3) is 0 Å². The van der Waals surface area contributed by atoms with Crippen molar-refractivity contribution >= 4 is 31.5 Å². The summed E-state index contributed by atoms with van der Waals surface area (Å²) >= 11 is 3.79. The Bertz CT molecular complexity index is 329. The molecule has 0 heterocycles. The fraction of sp³-hybridized carbons (Fsp3) is 0.300. The van der Waals surface area contributed by atoms with E-state index in [1.54, 1.807) is 0 Å². The third-order valence-electron chi connectivity index (χ3n) is 2.32. The van der Waals surface area contributed by atoms with Crippen molar-refractivity contribution in [2.75, 3.05) is 0 Å². The second kappa shape index (κ2) is 5.83. The second-order valence-corrected chi connectivity index (χ2v) is 3.65. The molecule has 80 valence electrons. The first-order valence-corrected chi connectivity index (χ1v) is 5.32. The first kappa shape index (κ1) is 12.1. The highest BCUT2D eigenvalue weighted by molar-refractivity contribution is 7.78. The van der Waals surface area contributed by atoms with Crippen LogP contribution in [0.4, 0.5) is 0 Å². The van der Waals surface area contributed by atoms with Crippen LogP contribution >= 0.6 is 12.8 Å². The van der Waals surface area contributed by atoms with E-state index in [0.717, 1.165) is 12.8 Å². The number of hydrogen-bond donors (Lipinski definition) is 3. The van der Waals surface area contributed by atoms with Crippen LogP contribution in [-0.4, -0.2) is 24.4 Å². The molecule has 0 aliphatic carbocycles. The van der Waals surface area contributed by atoms with E-state index in [1.807, 2.05) is 24.3 Å². The Morgan fingerprint density at radius 2 is 2.13 bits per heavy atom. The number of carbonyl (C=O) groups is 1. The second-order valence-electron chi connectivity index (χ2n) is 3.39. The van der Waals surface area contributed by atoms with Gasteiger partial charge in [-0.3, -0.25) is 9.52 Å². The van der Waals surface area contributed by atoms with Crippen molar-refractivity contribution in [2.24, 2.45) is 0 Å². The Labute approximate surface area is 95.7 Å². The summed E-state index contributed by atoms with van der Waals surface area (Å²) < 4.78 is 2.47. The highest BCUT2D eigenvalue weighted by Gasteiger charge is 2.15. The maximum absolute atomic E-state index is 10.7. The summed E-state index contributed by atoms with van der Waals surface area (Å²) in [5.74, 6) is -0.885. The van der Waals surface area contributed by atoms with Crippen LogP contribution in [0, 0.1) is 0 Å². The molecule has 3 nitrogen and oxygen atoms in total. The van der Waals surface area contributed by atoms with E-state index in [2.05, 4.69) is 24.4 Å². The third kappa shape index (κ3) is 3.60. The average Bonchev–Trinajstić information content (AvgIpc) is 2.26. The van der Waals surface area contributed by atoms with Crippen LogP contribution in [0.2, 0.25) is 6.82 Å². The molecule has 1 atom stereocenters. The molecule has 15 heavy (non-hydrogen) atoms. The Kier molecular flexibility index (Phi) is 4.71. The Morgan fingerprint density at radius 1 is 1.53 bits per heavy atom. The SMILES string of the molecule is CBc1ccc(C[C@H](NS)C(=O)O)cc1. The largest absolute Gasteiger partial charge is 0.480 e. The molecule has 1 aromatic carbocycles. The Morgan fingerprint density at radius 3 is 2.53 bits per heavy atom. The van der Waals surface area contributed by atoms with E-state index < -0.39 is 12.0 Å². The molecule has 0 aliphatic rings. The lowest BCUT2D eigenvalue weighted by molar-refractivity contribution is -0.138. The van der Waals surface area contributed by atoms with Gasteiger partial charge in [0.15, 0.2) is 7.28 Å². The molecule has 0 saturated heterocycles. The average molecular weight is 223 g/mol. The predicted molar refractivity (Wildman–Crippen MR) is 66.3 cm³/mol. The number of benzene rings is 1. The summed E-state index contributed by atoms with van der Waals surface area (Å²) in [7, 11) is 0.994. The number of carboxylic acids is 1. The lowest BCUT2D eigenvalue weighted by Gasteiger charge is -2.10. The van der Waals surface area contributed by atoms with Gasteiger partial charge in [-0.15, -0.1) is 0 Å². The minimum absolute atomic E-state index is 0.447. The number of rotatable bonds is 5. The van der Waals surface area contributed by atoms with Crippen molar-refractivity contribution in [1.82, 2.24) is 4.72 Å². The van der Waals surface area contributed by atoms with E-state index in [4.69, 9.17) is 5.11 Å². The molecule has 2 N–H and O–H groups in total. The van der Waals surface area contributed by atoms with Gasteiger partial charge in [0.1, 0.15) is 6.04 Å². The maximum Gasteiger partial charge on any atom is 0.321 e. The molecular weight excluding hydrogens is 209 g/mol. The zero-order chi connectivity index (χ0) is 11.3. The standard InChI is InChI=1S/C10H14BNO2S/c1-11-8-4-2-7(3-5-8)6-9(12-15)10(13)14/h2-5,9,11-12,15H,6H2,1H3,(H,13,14)/t9-/m0/s1. The zero-order valence-electron chi connectivity index (χ0n) is 8.60. The molecule has 0 unspecified atom stereocenters. The monoisotopic (exact) mass is 223 g/mol. The zero-order valence-corrected chi connectivity index (χ0v) is 9.50. The van der Waals surface area contributed by atoms with Gasteiger partial charge >= 0.3 is 5.97 Å². The number of carboxylic acid groups (broad SMARTS) is 1. The van der Waals surface area contributed by atoms with Gasteiger partial charge in [0, 0.05) is 0 Å². The third-order valence-corrected chi connectivity index (χ3v) is 2.64. The molecule has 0 aromatic heterocycles. The van der Waals surface area contributed by atoms with Crippen molar-refractivity contribution < 1.29 is 9.90 Å². The molecule has 0 bridgehead atoms. The van der Waals surface area contributed by atoms with Gasteiger partial charge in [-0.2, -0.15) is 0 Å². The highest BCUT2D eigenvalue weighted by atomic mass is 32.1. The highest BCUT2D eigenvalue weighted by Crippen LogP contribution is 2.03. The molecule has 0 saturated carbocycles. The molecule has 1 aromatic rings. The van der Waals surface area contributed by atoms with Crippen molar-refractivity contribution in [2.45, 2.75) is 19.3 Å². The summed E-state index contributed by atoms with van der Waals surface area (Å²) in [4.78, 5) is 10.7. The van der Waals surface area contributed by atoms with Crippen LogP contribution in [0.3, 0.4) is 0 Å². The van der Waals surface area contributed by atoms with E-state index in [-0.39, 0.29) is 0 Å². The van der Waals surface area contributed by atoms with Gasteiger partial charge in [-0.25, -0.2) is 0 Å². The van der Waals surface area contributed by atoms with Gasteiger partial charge in [0.2, 0.25) is 0 Å². The van der Waals surface area contributed by atoms with Crippen molar-refractivity contribution in [3.05, 3.63) is 29.8 Å². The summed E-state index contributed by atoms with van der Waals surface area (Å²) in [5.41, 5.74) is 2.26. The quantitative estimate of drug-likeness (QED) is 0.494. The van der Waals surface area contributed by atoms with Gasteiger partial charge in [-0.05, 0) is 12.0 Å². The van der Waals surface area contributed by atoms with Crippen LogP contribution in [0.25, 0.3) is 0 Å². The predicted octanol–water partition coefficient (Wildman–Crippen LogP) is 0.227. The van der Waals surface area contributed by atoms with Crippen LogP contribution in [-0.2, 0) is 11.2 Å². The molecular formula is C10H14BNO2S. The maximum atomic E-state index is 10.7.